The van der Waals surface area contributed by atoms with E-state index in [1.807, 2.05) is 0 Å². The maximum absolute atomic E-state index is 5.16. The van der Waals surface area contributed by atoms with Crippen LogP contribution in [0.5, 0.6) is 0 Å². The maximum atomic E-state index is 5.16. The molecule has 0 heterocycles. The highest BCUT2D eigenvalue weighted by Gasteiger charge is 2.04. The Morgan fingerprint density at radius 1 is 1.06 bits per heavy atom. The molecular formula is C14H25BrO2. The van der Waals surface area contributed by atoms with Gasteiger partial charge >= 0.3 is 0 Å². The van der Waals surface area contributed by atoms with Gasteiger partial charge in [0.1, 0.15) is 0 Å². The molecule has 0 unspecified atom stereocenters. The van der Waals surface area contributed by atoms with Crippen LogP contribution in [0.15, 0.2) is 23.3 Å². The van der Waals surface area contributed by atoms with Crippen molar-refractivity contribution in [2.75, 3.05) is 19.5 Å². The van der Waals surface area contributed by atoms with Crippen molar-refractivity contribution >= 4 is 15.9 Å². The molecule has 2 nitrogen and oxygen atoms in total. The van der Waals surface area contributed by atoms with Crippen molar-refractivity contribution in [3.8, 4) is 0 Å². The summed E-state index contributed by atoms with van der Waals surface area (Å²) in [6.45, 7) is 4.35. The Morgan fingerprint density at radius 2 is 1.65 bits per heavy atom. The molecule has 0 fully saturated rings. The zero-order chi connectivity index (χ0) is 13.1. The summed E-state index contributed by atoms with van der Waals surface area (Å²) in [6.07, 6.45) is 8.67. The lowest BCUT2D eigenvalue weighted by Gasteiger charge is -2.12. The predicted molar refractivity (Wildman–Crippen MR) is 77.6 cm³/mol. The molecule has 0 radical (unpaired) electrons. The Morgan fingerprint density at radius 3 is 2.18 bits per heavy atom. The molecule has 0 N–H and O–H groups in total. The lowest BCUT2D eigenvalue weighted by molar-refractivity contribution is -0.105. The van der Waals surface area contributed by atoms with Crippen LogP contribution in [0.3, 0.4) is 0 Å². The largest absolute Gasteiger partial charge is 0.356 e. The van der Waals surface area contributed by atoms with E-state index in [2.05, 4.69) is 41.9 Å². The molecule has 0 bridgehead atoms. The molecular weight excluding hydrogens is 280 g/mol. The molecule has 3 heteroatoms. The smallest absolute Gasteiger partial charge is 0.157 e. The number of hydrogen-bond acceptors (Lipinski definition) is 2. The first-order valence-electron chi connectivity index (χ1n) is 6.06. The van der Waals surface area contributed by atoms with Crippen molar-refractivity contribution in [2.24, 2.45) is 0 Å². The van der Waals surface area contributed by atoms with Crippen LogP contribution >= 0.6 is 15.9 Å². The van der Waals surface area contributed by atoms with Gasteiger partial charge in [0.2, 0.25) is 0 Å². The number of methoxy groups -OCH3 is 2. The van der Waals surface area contributed by atoms with Gasteiger partial charge in [0.25, 0.3) is 0 Å². The van der Waals surface area contributed by atoms with E-state index in [0.29, 0.717) is 0 Å². The Kier molecular flexibility index (Phi) is 10.9. The van der Waals surface area contributed by atoms with E-state index in [1.165, 1.54) is 11.1 Å². The van der Waals surface area contributed by atoms with Crippen molar-refractivity contribution in [1.82, 2.24) is 0 Å². The molecule has 0 saturated heterocycles. The Hall–Kier alpha value is -0.120. The van der Waals surface area contributed by atoms with Gasteiger partial charge < -0.3 is 9.47 Å². The van der Waals surface area contributed by atoms with Gasteiger partial charge in [0, 0.05) is 26.0 Å². The molecule has 0 aromatic carbocycles. The number of ether oxygens (including phenoxy) is 2. The van der Waals surface area contributed by atoms with Crippen molar-refractivity contribution in [3.05, 3.63) is 23.3 Å². The highest BCUT2D eigenvalue weighted by Crippen LogP contribution is 2.12. The van der Waals surface area contributed by atoms with E-state index in [0.717, 1.165) is 31.0 Å². The van der Waals surface area contributed by atoms with Crippen LogP contribution in [0.25, 0.3) is 0 Å². The van der Waals surface area contributed by atoms with E-state index >= 15 is 0 Å². The Bertz CT molecular complexity index is 243. The third-order valence-electron chi connectivity index (χ3n) is 2.76. The highest BCUT2D eigenvalue weighted by atomic mass is 79.9. The number of hydrogen-bond donors (Lipinski definition) is 0. The second-order valence-electron chi connectivity index (χ2n) is 4.23. The maximum Gasteiger partial charge on any atom is 0.157 e. The van der Waals surface area contributed by atoms with Crippen LogP contribution in [0.4, 0.5) is 0 Å². The van der Waals surface area contributed by atoms with Crippen molar-refractivity contribution in [1.29, 1.82) is 0 Å². The molecule has 0 aromatic rings. The molecule has 0 aliphatic heterocycles. The van der Waals surface area contributed by atoms with Crippen LogP contribution in [0, 0.1) is 0 Å². The molecule has 100 valence electrons. The van der Waals surface area contributed by atoms with Crippen LogP contribution in [-0.2, 0) is 9.47 Å². The monoisotopic (exact) mass is 304 g/mol. The second kappa shape index (κ2) is 11.0. The number of allylic oxidation sites excluding steroid dienone is 4. The third kappa shape index (κ3) is 9.57. The Labute approximate surface area is 114 Å². The molecule has 0 saturated carbocycles. The predicted octanol–water partition coefficient (Wildman–Crippen LogP) is 4.45. The standard InChI is InChI=1S/C14H25BrO2/c1-12(8-9-14(16-3)17-4)6-5-7-13(2)10-11-15/h6,10,14H,5,7-9,11H2,1-4H3/b12-6+,13-10+. The summed E-state index contributed by atoms with van der Waals surface area (Å²) in [5.41, 5.74) is 2.85. The van der Waals surface area contributed by atoms with Gasteiger partial charge in [-0.1, -0.05) is 39.2 Å². The first-order chi connectivity index (χ1) is 8.13. The minimum atomic E-state index is -0.0756. The molecule has 0 amide bonds. The van der Waals surface area contributed by atoms with Gasteiger partial charge in [-0.2, -0.15) is 0 Å². The lowest BCUT2D eigenvalue weighted by Crippen LogP contribution is -2.12. The van der Waals surface area contributed by atoms with E-state index in [4.69, 9.17) is 9.47 Å². The van der Waals surface area contributed by atoms with Gasteiger partial charge in [-0.05, 0) is 33.1 Å². The van der Waals surface area contributed by atoms with Crippen LogP contribution in [0.2, 0.25) is 0 Å². The fourth-order valence-electron chi connectivity index (χ4n) is 1.56. The van der Waals surface area contributed by atoms with Gasteiger partial charge in [0.15, 0.2) is 6.29 Å². The van der Waals surface area contributed by atoms with E-state index in [9.17, 15) is 0 Å². The number of alkyl halides is 1. The second-order valence-corrected chi connectivity index (χ2v) is 4.88. The van der Waals surface area contributed by atoms with Crippen LogP contribution in [-0.4, -0.2) is 25.8 Å². The quantitative estimate of drug-likeness (QED) is 0.356. The van der Waals surface area contributed by atoms with E-state index in [1.54, 1.807) is 14.2 Å². The topological polar surface area (TPSA) is 18.5 Å². The zero-order valence-corrected chi connectivity index (χ0v) is 13.0. The highest BCUT2D eigenvalue weighted by molar-refractivity contribution is 9.09. The summed E-state index contributed by atoms with van der Waals surface area (Å²) < 4.78 is 10.3. The summed E-state index contributed by atoms with van der Waals surface area (Å²) in [5.74, 6) is 0. The average Bonchev–Trinajstić information content (AvgIpc) is 2.30. The molecule has 0 atom stereocenters. The van der Waals surface area contributed by atoms with Crippen molar-refractivity contribution < 1.29 is 9.47 Å². The summed E-state index contributed by atoms with van der Waals surface area (Å²) in [4.78, 5) is 0. The van der Waals surface area contributed by atoms with Gasteiger partial charge in [0.05, 0.1) is 0 Å². The average molecular weight is 305 g/mol. The third-order valence-corrected chi connectivity index (χ3v) is 3.08. The van der Waals surface area contributed by atoms with Crippen molar-refractivity contribution in [2.45, 2.75) is 45.8 Å². The fourth-order valence-corrected chi connectivity index (χ4v) is 2.11. The first kappa shape index (κ1) is 16.9. The number of rotatable bonds is 9. The minimum absolute atomic E-state index is 0.0756. The summed E-state index contributed by atoms with van der Waals surface area (Å²) in [5, 5.41) is 0.949. The van der Waals surface area contributed by atoms with Gasteiger partial charge in [-0.15, -0.1) is 0 Å². The van der Waals surface area contributed by atoms with Crippen molar-refractivity contribution in [3.63, 3.8) is 0 Å². The van der Waals surface area contributed by atoms with Gasteiger partial charge in [-0.25, -0.2) is 0 Å². The SMILES string of the molecule is COC(CC/C(C)=C/CC/C(C)=C/CBr)OC. The van der Waals surface area contributed by atoms with Gasteiger partial charge in [-0.3, -0.25) is 0 Å². The molecule has 0 rings (SSSR count). The first-order valence-corrected chi connectivity index (χ1v) is 7.19. The Balaban J connectivity index is 3.82. The molecule has 0 aliphatic rings. The fraction of sp³-hybridized carbons (Fsp3) is 0.714. The van der Waals surface area contributed by atoms with E-state index < -0.39 is 0 Å². The van der Waals surface area contributed by atoms with Crippen LogP contribution < -0.4 is 0 Å². The molecule has 0 aromatic heterocycles. The number of halogens is 1. The summed E-state index contributed by atoms with van der Waals surface area (Å²) in [6, 6.07) is 0. The molecule has 0 aliphatic carbocycles. The molecule has 0 spiro atoms. The molecule has 17 heavy (non-hydrogen) atoms. The lowest BCUT2D eigenvalue weighted by atomic mass is 10.1. The minimum Gasteiger partial charge on any atom is -0.356 e. The summed E-state index contributed by atoms with van der Waals surface area (Å²) in [7, 11) is 3.36. The normalized spacial score (nSPS) is 13.5. The van der Waals surface area contributed by atoms with E-state index in [-0.39, 0.29) is 6.29 Å². The zero-order valence-electron chi connectivity index (χ0n) is 11.5. The summed E-state index contributed by atoms with van der Waals surface area (Å²) >= 11 is 3.41. The van der Waals surface area contributed by atoms with Crippen LogP contribution in [0.1, 0.15) is 39.5 Å².